The number of imide groups is 1. The number of hydrogen-bond acceptors (Lipinski definition) is 3. The number of carbonyl (C=O) groups excluding carboxylic acids is 2. The first-order chi connectivity index (χ1) is 15.6. The van der Waals surface area contributed by atoms with Crippen molar-refractivity contribution < 1.29 is 9.59 Å². The molecule has 0 aliphatic carbocycles. The van der Waals surface area contributed by atoms with Gasteiger partial charge < -0.3 is 14.9 Å². The summed E-state index contributed by atoms with van der Waals surface area (Å²) >= 11 is 6.62. The summed E-state index contributed by atoms with van der Waals surface area (Å²) in [6.07, 6.45) is 4.67. The van der Waals surface area contributed by atoms with E-state index in [0.29, 0.717) is 27.3 Å². The molecule has 0 spiro atoms. The van der Waals surface area contributed by atoms with Gasteiger partial charge >= 0.3 is 0 Å². The molecule has 0 radical (unpaired) electrons. The molecule has 2 amide bonds. The minimum absolute atomic E-state index is 0.364. The van der Waals surface area contributed by atoms with Crippen LogP contribution in [0, 0.1) is 0 Å². The Kier molecular flexibility index (Phi) is 5.33. The van der Waals surface area contributed by atoms with Crippen molar-refractivity contribution in [2.75, 3.05) is 13.1 Å². The lowest BCUT2D eigenvalue weighted by Crippen LogP contribution is -2.22. The van der Waals surface area contributed by atoms with Crippen molar-refractivity contribution in [1.82, 2.24) is 20.2 Å². The van der Waals surface area contributed by atoms with Crippen molar-refractivity contribution in [2.45, 2.75) is 19.9 Å². The summed E-state index contributed by atoms with van der Waals surface area (Å²) in [5.74, 6) is -0.795. The second kappa shape index (κ2) is 8.30. The topological polar surface area (TPSA) is 78.9 Å². The quantitative estimate of drug-likeness (QED) is 0.292. The van der Waals surface area contributed by atoms with Crippen molar-refractivity contribution in [2.24, 2.45) is 0 Å². The Bertz CT molecular complexity index is 1400. The van der Waals surface area contributed by atoms with Gasteiger partial charge in [-0.25, -0.2) is 0 Å². The van der Waals surface area contributed by atoms with E-state index in [0.717, 1.165) is 47.9 Å². The molecule has 6 nitrogen and oxygen atoms in total. The summed E-state index contributed by atoms with van der Waals surface area (Å²) in [5.41, 5.74) is 3.98. The summed E-state index contributed by atoms with van der Waals surface area (Å²) < 4.78 is 2.11. The lowest BCUT2D eigenvalue weighted by atomic mass is 9.95. The fourth-order valence-corrected chi connectivity index (χ4v) is 4.75. The molecule has 32 heavy (non-hydrogen) atoms. The largest absolute Gasteiger partial charge is 0.361 e. The average molecular weight is 447 g/mol. The lowest BCUT2D eigenvalue weighted by Gasteiger charge is -2.05. The molecule has 0 atom stereocenters. The summed E-state index contributed by atoms with van der Waals surface area (Å²) in [6, 6.07) is 13.5. The van der Waals surface area contributed by atoms with Gasteiger partial charge in [-0.3, -0.25) is 14.9 Å². The second-order valence-corrected chi connectivity index (χ2v) is 8.27. The molecule has 7 heteroatoms. The van der Waals surface area contributed by atoms with E-state index in [1.807, 2.05) is 48.7 Å². The zero-order valence-electron chi connectivity index (χ0n) is 17.7. The highest BCUT2D eigenvalue weighted by atomic mass is 35.5. The van der Waals surface area contributed by atoms with Gasteiger partial charge in [-0.05, 0) is 37.7 Å². The van der Waals surface area contributed by atoms with Crippen molar-refractivity contribution in [3.05, 3.63) is 71.0 Å². The van der Waals surface area contributed by atoms with Crippen LogP contribution in [0.1, 0.15) is 24.5 Å². The van der Waals surface area contributed by atoms with E-state index in [4.69, 9.17) is 11.6 Å². The van der Waals surface area contributed by atoms with Crippen LogP contribution in [-0.4, -0.2) is 34.5 Å². The van der Waals surface area contributed by atoms with E-state index in [-0.39, 0.29) is 0 Å². The van der Waals surface area contributed by atoms with E-state index >= 15 is 0 Å². The number of halogens is 1. The van der Waals surface area contributed by atoms with Gasteiger partial charge in [-0.2, -0.15) is 0 Å². The molecule has 2 aromatic carbocycles. The van der Waals surface area contributed by atoms with Crippen LogP contribution in [0.4, 0.5) is 0 Å². The first-order valence-electron chi connectivity index (χ1n) is 10.7. The predicted octanol–water partition coefficient (Wildman–Crippen LogP) is 4.34. The van der Waals surface area contributed by atoms with Gasteiger partial charge in [0.1, 0.15) is 0 Å². The van der Waals surface area contributed by atoms with Crippen LogP contribution in [0.15, 0.2) is 54.9 Å². The van der Waals surface area contributed by atoms with E-state index in [2.05, 4.69) is 27.1 Å². The zero-order chi connectivity index (χ0) is 22.2. The smallest absolute Gasteiger partial charge is 0.259 e. The SMILES string of the molecule is CCNCCCn1cc(C2=C(c3c[nH]c4ccccc34)C(=O)NC2=O)c2c(Cl)cccc21. The Morgan fingerprint density at radius 2 is 1.78 bits per heavy atom. The van der Waals surface area contributed by atoms with E-state index in [1.54, 1.807) is 6.20 Å². The average Bonchev–Trinajstić information content (AvgIpc) is 3.45. The normalized spacial score (nSPS) is 14.2. The third-order valence-electron chi connectivity index (χ3n) is 5.92. The molecule has 3 N–H and O–H groups in total. The molecule has 1 aliphatic heterocycles. The minimum Gasteiger partial charge on any atom is -0.361 e. The molecule has 3 heterocycles. The minimum atomic E-state index is -0.401. The van der Waals surface area contributed by atoms with E-state index in [1.165, 1.54) is 0 Å². The molecule has 5 rings (SSSR count). The van der Waals surface area contributed by atoms with Crippen molar-refractivity contribution in [3.8, 4) is 0 Å². The standard InChI is InChI=1S/C25H23ClN4O2/c1-2-27-11-6-12-30-14-17(21-18(26)8-5-10-20(21)30)23-22(24(31)29-25(23)32)16-13-28-19-9-4-3-7-15(16)19/h3-5,7-10,13-14,27-28H,2,6,11-12H2,1H3,(H,29,31,32). The fourth-order valence-electron chi connectivity index (χ4n) is 4.48. The molecule has 4 aromatic rings. The summed E-state index contributed by atoms with van der Waals surface area (Å²) in [4.78, 5) is 29.2. The number of aromatic nitrogens is 2. The monoisotopic (exact) mass is 446 g/mol. The Labute approximate surface area is 190 Å². The molecule has 0 saturated heterocycles. The first kappa shape index (κ1) is 20.5. The number of hydrogen-bond donors (Lipinski definition) is 3. The molecular formula is C25H23ClN4O2. The van der Waals surface area contributed by atoms with Crippen LogP contribution in [0.3, 0.4) is 0 Å². The van der Waals surface area contributed by atoms with Crippen LogP contribution in [0.2, 0.25) is 5.02 Å². The van der Waals surface area contributed by atoms with Crippen LogP contribution >= 0.6 is 11.6 Å². The Morgan fingerprint density at radius 3 is 2.59 bits per heavy atom. The Balaban J connectivity index is 1.72. The van der Waals surface area contributed by atoms with Gasteiger partial charge in [-0.15, -0.1) is 0 Å². The number of rotatable bonds is 7. The number of amides is 2. The van der Waals surface area contributed by atoms with Crippen molar-refractivity contribution in [1.29, 1.82) is 0 Å². The van der Waals surface area contributed by atoms with Gasteiger partial charge in [-0.1, -0.05) is 42.8 Å². The van der Waals surface area contributed by atoms with Gasteiger partial charge in [0.05, 0.1) is 21.7 Å². The first-order valence-corrected chi connectivity index (χ1v) is 11.1. The number of nitrogens with zero attached hydrogens (tertiary/aromatic N) is 1. The van der Waals surface area contributed by atoms with Gasteiger partial charge in [0, 0.05) is 46.4 Å². The molecule has 0 fully saturated rings. The molecule has 0 saturated carbocycles. The molecule has 0 unspecified atom stereocenters. The highest BCUT2D eigenvalue weighted by molar-refractivity contribution is 6.51. The van der Waals surface area contributed by atoms with Crippen LogP contribution in [0.25, 0.3) is 33.0 Å². The molecule has 0 bridgehead atoms. The third kappa shape index (κ3) is 3.32. The van der Waals surface area contributed by atoms with Crippen LogP contribution in [-0.2, 0) is 16.1 Å². The van der Waals surface area contributed by atoms with Crippen LogP contribution < -0.4 is 10.6 Å². The van der Waals surface area contributed by atoms with Gasteiger partial charge in [0.15, 0.2) is 0 Å². The number of carbonyl (C=O) groups is 2. The Hall–Kier alpha value is -3.35. The lowest BCUT2D eigenvalue weighted by molar-refractivity contribution is -0.122. The predicted molar refractivity (Wildman–Crippen MR) is 128 cm³/mol. The maximum Gasteiger partial charge on any atom is 0.259 e. The third-order valence-corrected chi connectivity index (χ3v) is 6.23. The molecule has 1 aliphatic rings. The van der Waals surface area contributed by atoms with Crippen LogP contribution in [0.5, 0.6) is 0 Å². The van der Waals surface area contributed by atoms with E-state index < -0.39 is 11.8 Å². The maximum atomic E-state index is 13.0. The highest BCUT2D eigenvalue weighted by Crippen LogP contribution is 2.40. The van der Waals surface area contributed by atoms with Crippen molar-refractivity contribution >= 4 is 56.4 Å². The maximum absolute atomic E-state index is 13.0. The Morgan fingerprint density at radius 1 is 1.00 bits per heavy atom. The highest BCUT2D eigenvalue weighted by Gasteiger charge is 2.35. The zero-order valence-corrected chi connectivity index (χ0v) is 18.4. The van der Waals surface area contributed by atoms with E-state index in [9.17, 15) is 9.59 Å². The van der Waals surface area contributed by atoms with Gasteiger partial charge in [0.2, 0.25) is 0 Å². The number of fused-ring (bicyclic) bond motifs is 2. The number of para-hydroxylation sites is 1. The summed E-state index contributed by atoms with van der Waals surface area (Å²) in [5, 5.41) is 8.06. The fraction of sp³-hybridized carbons (Fsp3) is 0.200. The van der Waals surface area contributed by atoms with Crippen molar-refractivity contribution in [3.63, 3.8) is 0 Å². The summed E-state index contributed by atoms with van der Waals surface area (Å²) in [6.45, 7) is 4.67. The molecule has 162 valence electrons. The molecular weight excluding hydrogens is 424 g/mol. The van der Waals surface area contributed by atoms with Gasteiger partial charge in [0.25, 0.3) is 11.8 Å². The second-order valence-electron chi connectivity index (χ2n) is 7.86. The molecule has 2 aromatic heterocycles. The number of aryl methyl sites for hydroxylation is 1. The summed E-state index contributed by atoms with van der Waals surface area (Å²) in [7, 11) is 0. The number of H-pyrrole nitrogens is 1. The number of benzene rings is 2. The number of nitrogens with one attached hydrogen (secondary N) is 3. The number of aromatic amines is 1.